The van der Waals surface area contributed by atoms with Crippen LogP contribution in [0, 0.1) is 5.41 Å². The third-order valence-electron chi connectivity index (χ3n) is 5.62. The molecule has 0 aliphatic heterocycles. The van der Waals surface area contributed by atoms with E-state index < -0.39 is 5.54 Å². The lowest BCUT2D eigenvalue weighted by Crippen LogP contribution is -2.76. The van der Waals surface area contributed by atoms with E-state index in [-0.39, 0.29) is 48.3 Å². The number of hydrogen-bond donors (Lipinski definition) is 2. The number of nitrogens with one attached hydrogen (secondary N) is 1. The Morgan fingerprint density at radius 1 is 1.28 bits per heavy atom. The lowest BCUT2D eigenvalue weighted by molar-refractivity contribution is -0.171. The molecule has 0 aromatic carbocycles. The maximum atomic E-state index is 12.6. The summed E-state index contributed by atoms with van der Waals surface area (Å²) < 4.78 is 5.69. The second kappa shape index (κ2) is 11.6. The van der Waals surface area contributed by atoms with Crippen molar-refractivity contribution >= 4 is 30.7 Å². The van der Waals surface area contributed by atoms with Crippen molar-refractivity contribution in [3.8, 4) is 0 Å². The molecule has 3 atom stereocenters. The van der Waals surface area contributed by atoms with Gasteiger partial charge >= 0.3 is 0 Å². The minimum absolute atomic E-state index is 0. The second-order valence-corrected chi connectivity index (χ2v) is 7.38. The predicted molar refractivity (Wildman–Crippen MR) is 110 cm³/mol. The van der Waals surface area contributed by atoms with Crippen LogP contribution in [0.5, 0.6) is 0 Å². The van der Waals surface area contributed by atoms with Crippen LogP contribution in [0.2, 0.25) is 0 Å². The van der Waals surface area contributed by atoms with E-state index in [4.69, 9.17) is 10.5 Å². The van der Waals surface area contributed by atoms with Gasteiger partial charge in [-0.15, -0.1) is 24.8 Å². The molecule has 0 saturated heterocycles. The average molecular weight is 400 g/mol. The van der Waals surface area contributed by atoms with Gasteiger partial charge < -0.3 is 20.7 Å². The molecular weight excluding hydrogens is 361 g/mol. The van der Waals surface area contributed by atoms with Crippen molar-refractivity contribution in [3.05, 3.63) is 0 Å². The highest BCUT2D eigenvalue weighted by atomic mass is 35.5. The maximum Gasteiger partial charge on any atom is 0.241 e. The Morgan fingerprint density at radius 3 is 2.28 bits per heavy atom. The van der Waals surface area contributed by atoms with E-state index in [2.05, 4.69) is 31.0 Å². The summed E-state index contributed by atoms with van der Waals surface area (Å²) in [5.74, 6) is -0.0335. The van der Waals surface area contributed by atoms with Crippen LogP contribution in [0.3, 0.4) is 0 Å². The lowest BCUT2D eigenvalue weighted by Gasteiger charge is -2.57. The smallest absolute Gasteiger partial charge is 0.241 e. The zero-order valence-corrected chi connectivity index (χ0v) is 18.4. The summed E-state index contributed by atoms with van der Waals surface area (Å²) in [4.78, 5) is 15.0. The van der Waals surface area contributed by atoms with Crippen molar-refractivity contribution in [3.63, 3.8) is 0 Å². The molecule has 1 aliphatic rings. The van der Waals surface area contributed by atoms with Crippen LogP contribution in [0.4, 0.5) is 0 Å². The number of ether oxygens (including phenoxy) is 1. The zero-order valence-electron chi connectivity index (χ0n) is 16.8. The van der Waals surface area contributed by atoms with E-state index in [9.17, 15) is 4.79 Å². The summed E-state index contributed by atoms with van der Waals surface area (Å²) in [5, 5.41) is 3.11. The highest BCUT2D eigenvalue weighted by molar-refractivity contribution is 5.89. The topological polar surface area (TPSA) is 67.6 Å². The van der Waals surface area contributed by atoms with Crippen molar-refractivity contribution < 1.29 is 9.53 Å². The van der Waals surface area contributed by atoms with Crippen LogP contribution < -0.4 is 11.1 Å². The first kappa shape index (κ1) is 27.2. The molecule has 0 spiro atoms. The molecular formula is C18H39Cl2N3O2. The molecule has 25 heavy (non-hydrogen) atoms. The Kier molecular flexibility index (Phi) is 12.6. The van der Waals surface area contributed by atoms with Gasteiger partial charge in [-0.1, -0.05) is 27.7 Å². The summed E-state index contributed by atoms with van der Waals surface area (Å²) in [6.07, 6.45) is 2.74. The van der Waals surface area contributed by atoms with Gasteiger partial charge in [0, 0.05) is 24.5 Å². The third-order valence-corrected chi connectivity index (χ3v) is 5.62. The molecule has 5 nitrogen and oxygen atoms in total. The van der Waals surface area contributed by atoms with Crippen LogP contribution in [-0.4, -0.2) is 54.7 Å². The Balaban J connectivity index is 0. The summed E-state index contributed by atoms with van der Waals surface area (Å²) in [6.45, 7) is 16.4. The number of amides is 1. The summed E-state index contributed by atoms with van der Waals surface area (Å²) in [5.41, 5.74) is 5.27. The Labute approximate surface area is 166 Å². The molecule has 0 aromatic heterocycles. The minimum atomic E-state index is -0.819. The monoisotopic (exact) mass is 399 g/mol. The molecule has 1 fully saturated rings. The van der Waals surface area contributed by atoms with E-state index in [0.717, 1.165) is 32.5 Å². The molecule has 0 aromatic rings. The lowest BCUT2D eigenvalue weighted by atomic mass is 9.54. The van der Waals surface area contributed by atoms with E-state index >= 15 is 0 Å². The number of nitrogens with zero attached hydrogens (tertiary/aromatic N) is 1. The Morgan fingerprint density at radius 2 is 1.84 bits per heavy atom. The molecule has 0 radical (unpaired) electrons. The fourth-order valence-electron chi connectivity index (χ4n) is 3.41. The number of halogens is 2. The van der Waals surface area contributed by atoms with Crippen LogP contribution in [0.15, 0.2) is 0 Å². The number of rotatable bonds is 10. The molecule has 1 amide bonds. The van der Waals surface area contributed by atoms with Crippen molar-refractivity contribution in [1.82, 2.24) is 10.2 Å². The number of carbonyl (C=O) groups excluding carboxylic acids is 1. The van der Waals surface area contributed by atoms with Gasteiger partial charge in [0.05, 0.1) is 6.10 Å². The summed E-state index contributed by atoms with van der Waals surface area (Å²) >= 11 is 0. The van der Waals surface area contributed by atoms with Gasteiger partial charge in [-0.05, 0) is 46.3 Å². The normalized spacial score (nSPS) is 25.4. The van der Waals surface area contributed by atoms with Crippen LogP contribution in [0.1, 0.15) is 60.8 Å². The molecule has 3 unspecified atom stereocenters. The Bertz CT molecular complexity index is 393. The quantitative estimate of drug-likeness (QED) is 0.592. The van der Waals surface area contributed by atoms with Gasteiger partial charge in [0.25, 0.3) is 0 Å². The molecule has 7 heteroatoms. The highest BCUT2D eigenvalue weighted by Gasteiger charge is 2.62. The largest absolute Gasteiger partial charge is 0.378 e. The highest BCUT2D eigenvalue weighted by Crippen LogP contribution is 2.49. The number of nitrogens with two attached hydrogens (primary N) is 1. The first-order valence-corrected chi connectivity index (χ1v) is 9.16. The first-order valence-electron chi connectivity index (χ1n) is 9.16. The SMILES string of the molecule is CCOC1CC(N)(C(=O)NC(C)CCCN(CC)CC)C1(C)C.Cl.Cl. The average Bonchev–Trinajstić information content (AvgIpc) is 2.51. The third kappa shape index (κ3) is 6.24. The molecule has 1 saturated carbocycles. The van der Waals surface area contributed by atoms with Gasteiger partial charge in [-0.25, -0.2) is 0 Å². The van der Waals surface area contributed by atoms with Crippen molar-refractivity contribution in [2.24, 2.45) is 11.1 Å². The standard InChI is InChI=1S/C18H37N3O2.2ClH/c1-7-21(8-2)12-10-11-14(4)20-16(22)18(19)13-15(23-9-3)17(18,5)6;;/h14-15H,7-13,19H2,1-6H3,(H,20,22);2*1H. The van der Waals surface area contributed by atoms with E-state index in [1.165, 1.54) is 0 Å². The minimum Gasteiger partial charge on any atom is -0.378 e. The fourth-order valence-corrected chi connectivity index (χ4v) is 3.41. The molecule has 0 bridgehead atoms. The van der Waals surface area contributed by atoms with Crippen molar-refractivity contribution in [2.75, 3.05) is 26.2 Å². The van der Waals surface area contributed by atoms with Gasteiger partial charge in [0.2, 0.25) is 5.91 Å². The van der Waals surface area contributed by atoms with Gasteiger partial charge in [-0.3, -0.25) is 4.79 Å². The van der Waals surface area contributed by atoms with Crippen LogP contribution in [-0.2, 0) is 9.53 Å². The second-order valence-electron chi connectivity index (χ2n) is 7.38. The van der Waals surface area contributed by atoms with Crippen LogP contribution in [0.25, 0.3) is 0 Å². The fraction of sp³-hybridized carbons (Fsp3) is 0.944. The van der Waals surface area contributed by atoms with Crippen molar-refractivity contribution in [1.29, 1.82) is 0 Å². The number of hydrogen-bond acceptors (Lipinski definition) is 4. The number of carbonyl (C=O) groups is 1. The van der Waals surface area contributed by atoms with Gasteiger partial charge in [0.1, 0.15) is 5.54 Å². The zero-order chi connectivity index (χ0) is 17.7. The molecule has 1 aliphatic carbocycles. The molecule has 3 N–H and O–H groups in total. The van der Waals surface area contributed by atoms with Crippen molar-refractivity contribution in [2.45, 2.75) is 78.5 Å². The van der Waals surface area contributed by atoms with E-state index in [0.29, 0.717) is 13.0 Å². The predicted octanol–water partition coefficient (Wildman–Crippen LogP) is 2.99. The van der Waals surface area contributed by atoms with Gasteiger partial charge in [0.15, 0.2) is 0 Å². The molecule has 1 rings (SSSR count). The summed E-state index contributed by atoms with van der Waals surface area (Å²) in [6, 6.07) is 0.153. The molecule has 0 heterocycles. The van der Waals surface area contributed by atoms with Crippen LogP contribution >= 0.6 is 24.8 Å². The Hall–Kier alpha value is -0.0700. The summed E-state index contributed by atoms with van der Waals surface area (Å²) in [7, 11) is 0. The molecule has 152 valence electrons. The van der Waals surface area contributed by atoms with E-state index in [1.54, 1.807) is 0 Å². The first-order chi connectivity index (χ1) is 10.7. The van der Waals surface area contributed by atoms with Gasteiger partial charge in [-0.2, -0.15) is 0 Å². The van der Waals surface area contributed by atoms with E-state index in [1.807, 2.05) is 20.8 Å². The maximum absolute atomic E-state index is 12.6.